The highest BCUT2D eigenvalue weighted by molar-refractivity contribution is 7.86. The lowest BCUT2D eigenvalue weighted by Crippen LogP contribution is -1.99. The van der Waals surface area contributed by atoms with Crippen molar-refractivity contribution >= 4 is 31.0 Å². The summed E-state index contributed by atoms with van der Waals surface area (Å²) < 4.78 is 61.2. The Balaban J connectivity index is 2.70. The molecule has 94 valence electrons. The van der Waals surface area contributed by atoms with Gasteiger partial charge in [-0.3, -0.25) is 9.11 Å². The number of hydrogen-bond acceptors (Lipinski definition) is 4. The average Bonchev–Trinajstić information content (AvgIpc) is 2.25. The topological polar surface area (TPSA) is 109 Å². The average molecular weight is 286 g/mol. The molecule has 6 nitrogen and oxygen atoms in total. The number of rotatable bonds is 2. The molecule has 2 aromatic carbocycles. The molecule has 0 unspecified atom stereocenters. The van der Waals surface area contributed by atoms with Crippen LogP contribution in [-0.4, -0.2) is 25.9 Å². The van der Waals surface area contributed by atoms with Crippen molar-refractivity contribution in [3.8, 4) is 0 Å². The molecule has 2 aromatic rings. The van der Waals surface area contributed by atoms with Gasteiger partial charge >= 0.3 is 0 Å². The molecule has 0 amide bonds. The van der Waals surface area contributed by atoms with Crippen molar-refractivity contribution in [3.05, 3.63) is 36.4 Å². The van der Waals surface area contributed by atoms with Crippen LogP contribution in [0.2, 0.25) is 0 Å². The molecule has 2 N–H and O–H groups in total. The van der Waals surface area contributed by atoms with E-state index in [0.717, 1.165) is 24.3 Å². The standard InChI is InChI=1S/C10H6O6S2/c11-17(12,13)9-3-1-7-5-10(18(14,15)16)4-2-8(7)6-9/h3-6H,(H,11,12,13)(H,14,15,16). The molecule has 0 fully saturated rings. The SMILES string of the molecule is O=S(=O)(O)c1c[c]c2cc(S(=O)(=O)O)c[c]c2c1. The maximum Gasteiger partial charge on any atom is 0.294 e. The van der Waals surface area contributed by atoms with Crippen molar-refractivity contribution in [1.82, 2.24) is 0 Å². The molecule has 2 radical (unpaired) electrons. The monoisotopic (exact) mass is 286 g/mol. The molecule has 0 aromatic heterocycles. The fourth-order valence-electron chi connectivity index (χ4n) is 1.36. The number of hydrogen-bond donors (Lipinski definition) is 2. The minimum absolute atomic E-state index is 0.248. The molecule has 0 bridgehead atoms. The normalized spacial score (nSPS) is 12.8. The Morgan fingerprint density at radius 3 is 1.39 bits per heavy atom. The first-order chi connectivity index (χ1) is 8.18. The fraction of sp³-hybridized carbons (Fsp3) is 0. The van der Waals surface area contributed by atoms with E-state index < -0.39 is 20.2 Å². The van der Waals surface area contributed by atoms with E-state index in [0.29, 0.717) is 0 Å². The summed E-state index contributed by atoms with van der Waals surface area (Å²) in [6.07, 6.45) is 0. The second-order valence-electron chi connectivity index (χ2n) is 3.45. The van der Waals surface area contributed by atoms with Gasteiger partial charge in [-0.1, -0.05) is 0 Å². The van der Waals surface area contributed by atoms with Gasteiger partial charge in [0.05, 0.1) is 9.79 Å². The van der Waals surface area contributed by atoms with Crippen LogP contribution in [0.3, 0.4) is 0 Å². The van der Waals surface area contributed by atoms with E-state index in [1.807, 2.05) is 0 Å². The minimum Gasteiger partial charge on any atom is -0.282 e. The molecule has 18 heavy (non-hydrogen) atoms. The second-order valence-corrected chi connectivity index (χ2v) is 6.29. The molecular formula is C10H6O6S2. The number of fused-ring (bicyclic) bond motifs is 1. The van der Waals surface area contributed by atoms with Gasteiger partial charge in [-0.15, -0.1) is 0 Å². The van der Waals surface area contributed by atoms with E-state index >= 15 is 0 Å². The molecular weight excluding hydrogens is 280 g/mol. The van der Waals surface area contributed by atoms with Crippen molar-refractivity contribution in [1.29, 1.82) is 0 Å². The van der Waals surface area contributed by atoms with Gasteiger partial charge in [0.2, 0.25) is 0 Å². The third-order valence-electron chi connectivity index (χ3n) is 2.20. The first-order valence-electron chi connectivity index (χ1n) is 4.50. The molecule has 0 spiro atoms. The molecule has 0 aliphatic rings. The Morgan fingerprint density at radius 2 is 1.11 bits per heavy atom. The Labute approximate surface area is 103 Å². The van der Waals surface area contributed by atoms with Crippen molar-refractivity contribution in [2.45, 2.75) is 9.79 Å². The zero-order chi connectivity index (χ0) is 13.6. The van der Waals surface area contributed by atoms with Crippen LogP contribution in [0, 0.1) is 12.1 Å². The largest absolute Gasteiger partial charge is 0.294 e. The summed E-state index contributed by atoms with van der Waals surface area (Å²) in [5.74, 6) is 0. The van der Waals surface area contributed by atoms with Crippen LogP contribution in [0.15, 0.2) is 34.1 Å². The van der Waals surface area contributed by atoms with Crippen molar-refractivity contribution in [2.75, 3.05) is 0 Å². The highest BCUT2D eigenvalue weighted by atomic mass is 32.2. The molecule has 0 saturated heterocycles. The summed E-state index contributed by atoms with van der Waals surface area (Å²) >= 11 is 0. The van der Waals surface area contributed by atoms with Crippen molar-refractivity contribution in [2.24, 2.45) is 0 Å². The second kappa shape index (κ2) is 4.02. The Kier molecular flexibility index (Phi) is 2.90. The van der Waals surface area contributed by atoms with Gasteiger partial charge in [0.1, 0.15) is 0 Å². The summed E-state index contributed by atoms with van der Waals surface area (Å²) in [5, 5.41) is 0.495. The van der Waals surface area contributed by atoms with Gasteiger partial charge < -0.3 is 0 Å². The maximum absolute atomic E-state index is 10.9. The third kappa shape index (κ3) is 2.51. The predicted molar refractivity (Wildman–Crippen MR) is 61.2 cm³/mol. The zero-order valence-electron chi connectivity index (χ0n) is 8.65. The lowest BCUT2D eigenvalue weighted by molar-refractivity contribution is 0.481. The van der Waals surface area contributed by atoms with E-state index in [1.165, 1.54) is 0 Å². The van der Waals surface area contributed by atoms with Crippen molar-refractivity contribution < 1.29 is 25.9 Å². The fourth-order valence-corrected chi connectivity index (χ4v) is 2.31. The highest BCUT2D eigenvalue weighted by Gasteiger charge is 2.13. The quantitative estimate of drug-likeness (QED) is 0.795. The van der Waals surface area contributed by atoms with Crippen LogP contribution in [0.1, 0.15) is 0 Å². The lowest BCUT2D eigenvalue weighted by Gasteiger charge is -2.02. The maximum atomic E-state index is 10.9. The molecule has 2 rings (SSSR count). The first kappa shape index (κ1) is 13.0. The van der Waals surface area contributed by atoms with Crippen LogP contribution in [0.25, 0.3) is 10.8 Å². The third-order valence-corrected chi connectivity index (χ3v) is 3.86. The van der Waals surface area contributed by atoms with Gasteiger partial charge in [0.15, 0.2) is 0 Å². The van der Waals surface area contributed by atoms with Crippen LogP contribution < -0.4 is 0 Å². The predicted octanol–water partition coefficient (Wildman–Crippen LogP) is 0.934. The molecule has 0 aliphatic heterocycles. The summed E-state index contributed by atoms with van der Waals surface area (Å²) in [4.78, 5) is -0.739. The van der Waals surface area contributed by atoms with E-state index in [-0.39, 0.29) is 20.6 Å². The number of benzene rings is 2. The highest BCUT2D eigenvalue weighted by Crippen LogP contribution is 2.21. The van der Waals surface area contributed by atoms with E-state index in [1.54, 1.807) is 0 Å². The summed E-state index contributed by atoms with van der Waals surface area (Å²) in [7, 11) is -8.70. The minimum atomic E-state index is -4.35. The molecule has 0 saturated carbocycles. The lowest BCUT2D eigenvalue weighted by atomic mass is 10.1. The Bertz CT molecular complexity index is 749. The smallest absolute Gasteiger partial charge is 0.282 e. The zero-order valence-corrected chi connectivity index (χ0v) is 10.3. The van der Waals surface area contributed by atoms with Crippen LogP contribution in [0.4, 0.5) is 0 Å². The Hall–Kier alpha value is -1.48. The first-order valence-corrected chi connectivity index (χ1v) is 7.38. The van der Waals surface area contributed by atoms with Gasteiger partial charge in [-0.2, -0.15) is 16.8 Å². The molecule has 0 atom stereocenters. The van der Waals surface area contributed by atoms with E-state index in [2.05, 4.69) is 12.1 Å². The van der Waals surface area contributed by atoms with Crippen LogP contribution >= 0.6 is 0 Å². The van der Waals surface area contributed by atoms with E-state index in [9.17, 15) is 16.8 Å². The van der Waals surface area contributed by atoms with Gasteiger partial charge in [-0.25, -0.2) is 0 Å². The van der Waals surface area contributed by atoms with Crippen LogP contribution in [0.5, 0.6) is 0 Å². The summed E-state index contributed by atoms with van der Waals surface area (Å²) in [6.45, 7) is 0. The van der Waals surface area contributed by atoms with Gasteiger partial charge in [-0.05, 0) is 47.2 Å². The van der Waals surface area contributed by atoms with Gasteiger partial charge in [0.25, 0.3) is 20.2 Å². The molecule has 0 aliphatic carbocycles. The van der Waals surface area contributed by atoms with Crippen molar-refractivity contribution in [3.63, 3.8) is 0 Å². The molecule has 0 heterocycles. The molecule has 8 heteroatoms. The Morgan fingerprint density at radius 1 is 0.778 bits per heavy atom. The van der Waals surface area contributed by atoms with E-state index in [4.69, 9.17) is 9.11 Å². The summed E-state index contributed by atoms with van der Waals surface area (Å²) in [5.41, 5.74) is 0. The van der Waals surface area contributed by atoms with Crippen LogP contribution in [-0.2, 0) is 20.2 Å². The summed E-state index contributed by atoms with van der Waals surface area (Å²) in [6, 6.07) is 9.22. The van der Waals surface area contributed by atoms with Gasteiger partial charge in [0, 0.05) is 0 Å².